The Morgan fingerprint density at radius 1 is 1.37 bits per heavy atom. The van der Waals surface area contributed by atoms with E-state index >= 15 is 0 Å². The van der Waals surface area contributed by atoms with E-state index in [9.17, 15) is 9.59 Å². The zero-order valence-corrected chi connectivity index (χ0v) is 11.6. The quantitative estimate of drug-likeness (QED) is 0.879. The maximum absolute atomic E-state index is 12.7. The van der Waals surface area contributed by atoms with Crippen LogP contribution in [0.1, 0.15) is 33.1 Å². The van der Waals surface area contributed by atoms with E-state index in [1.807, 2.05) is 20.9 Å². The van der Waals surface area contributed by atoms with Crippen LogP contribution in [-0.2, 0) is 16.6 Å². The van der Waals surface area contributed by atoms with Gasteiger partial charge in [0.1, 0.15) is 5.54 Å². The Morgan fingerprint density at radius 2 is 2.05 bits per heavy atom. The third-order valence-electron chi connectivity index (χ3n) is 3.78. The molecule has 1 aromatic rings. The molecule has 0 saturated carbocycles. The van der Waals surface area contributed by atoms with Crippen molar-refractivity contribution in [2.75, 3.05) is 11.4 Å². The normalized spacial score (nSPS) is 19.2. The van der Waals surface area contributed by atoms with Crippen LogP contribution in [0.25, 0.3) is 0 Å². The van der Waals surface area contributed by atoms with Gasteiger partial charge in [-0.1, -0.05) is 13.8 Å². The van der Waals surface area contributed by atoms with E-state index in [0.717, 1.165) is 0 Å². The molecule has 6 nitrogen and oxygen atoms in total. The lowest BCUT2D eigenvalue weighted by Crippen LogP contribution is -2.56. The van der Waals surface area contributed by atoms with Crippen molar-refractivity contribution in [3.05, 3.63) is 12.3 Å². The number of hydrogen-bond acceptors (Lipinski definition) is 3. The van der Waals surface area contributed by atoms with Crippen LogP contribution < -0.4 is 10.2 Å². The molecule has 0 aliphatic carbocycles. The molecule has 1 aliphatic rings. The Hall–Kier alpha value is -1.85. The minimum atomic E-state index is -0.800. The first-order valence-electron chi connectivity index (χ1n) is 6.65. The molecule has 0 bridgehead atoms. The van der Waals surface area contributed by atoms with E-state index in [2.05, 4.69) is 10.4 Å². The fourth-order valence-electron chi connectivity index (χ4n) is 2.45. The van der Waals surface area contributed by atoms with Gasteiger partial charge < -0.3 is 5.32 Å². The SMILES string of the molecule is CCC1(CC)NC(=O)CCN(c2ccn(C)n2)C1=O. The highest BCUT2D eigenvalue weighted by atomic mass is 16.2. The molecule has 104 valence electrons. The van der Waals surface area contributed by atoms with Crippen molar-refractivity contribution < 1.29 is 9.59 Å². The van der Waals surface area contributed by atoms with Crippen LogP contribution >= 0.6 is 0 Å². The van der Waals surface area contributed by atoms with Crippen LogP contribution in [0.2, 0.25) is 0 Å². The van der Waals surface area contributed by atoms with Crippen LogP contribution in [0.15, 0.2) is 12.3 Å². The maximum atomic E-state index is 12.7. The second-order valence-electron chi connectivity index (χ2n) is 4.89. The fraction of sp³-hybridized carbons (Fsp3) is 0.615. The molecule has 2 rings (SSSR count). The van der Waals surface area contributed by atoms with Crippen LogP contribution in [0.3, 0.4) is 0 Å². The van der Waals surface area contributed by atoms with Gasteiger partial charge in [-0.25, -0.2) is 0 Å². The van der Waals surface area contributed by atoms with Crippen LogP contribution in [-0.4, -0.2) is 33.7 Å². The minimum absolute atomic E-state index is 0.0675. The summed E-state index contributed by atoms with van der Waals surface area (Å²) in [4.78, 5) is 26.2. The smallest absolute Gasteiger partial charge is 0.253 e. The van der Waals surface area contributed by atoms with Gasteiger partial charge in [-0.05, 0) is 12.8 Å². The zero-order chi connectivity index (χ0) is 14.0. The molecule has 1 aliphatic heterocycles. The first-order chi connectivity index (χ1) is 9.02. The van der Waals surface area contributed by atoms with Crippen LogP contribution in [0.4, 0.5) is 5.82 Å². The highest BCUT2D eigenvalue weighted by Gasteiger charge is 2.42. The van der Waals surface area contributed by atoms with Crippen LogP contribution in [0.5, 0.6) is 0 Å². The van der Waals surface area contributed by atoms with E-state index in [1.165, 1.54) is 0 Å². The van der Waals surface area contributed by atoms with E-state index in [-0.39, 0.29) is 11.8 Å². The van der Waals surface area contributed by atoms with Gasteiger partial charge in [0.15, 0.2) is 5.82 Å². The summed E-state index contributed by atoms with van der Waals surface area (Å²) in [6, 6.07) is 1.80. The molecule has 0 radical (unpaired) electrons. The van der Waals surface area contributed by atoms with Crippen molar-refractivity contribution in [1.29, 1.82) is 0 Å². The lowest BCUT2D eigenvalue weighted by molar-refractivity contribution is -0.130. The lowest BCUT2D eigenvalue weighted by Gasteiger charge is -2.32. The summed E-state index contributed by atoms with van der Waals surface area (Å²) >= 11 is 0. The Bertz CT molecular complexity index is 491. The third kappa shape index (κ3) is 2.34. The Kier molecular flexibility index (Phi) is 3.59. The highest BCUT2D eigenvalue weighted by molar-refractivity contribution is 6.03. The number of aromatic nitrogens is 2. The number of nitrogens with one attached hydrogen (secondary N) is 1. The number of nitrogens with zero attached hydrogens (tertiary/aromatic N) is 3. The largest absolute Gasteiger partial charge is 0.342 e. The van der Waals surface area contributed by atoms with E-state index in [1.54, 1.807) is 21.8 Å². The summed E-state index contributed by atoms with van der Waals surface area (Å²) in [6.45, 7) is 4.22. The van der Waals surface area contributed by atoms with Gasteiger partial charge in [-0.15, -0.1) is 0 Å². The topological polar surface area (TPSA) is 67.2 Å². The van der Waals surface area contributed by atoms with E-state index in [0.29, 0.717) is 31.6 Å². The predicted octanol–water partition coefficient (Wildman–Crippen LogP) is 0.832. The zero-order valence-electron chi connectivity index (χ0n) is 11.6. The Labute approximate surface area is 112 Å². The number of carbonyl (C=O) groups excluding carboxylic acids is 2. The minimum Gasteiger partial charge on any atom is -0.342 e. The standard InChI is InChI=1S/C13H20N4O2/c1-4-13(5-2)12(19)17(9-7-11(18)14-13)10-6-8-16(3)15-10/h6,8H,4-5,7,9H2,1-3H3,(H,14,18). The van der Waals surface area contributed by atoms with Gasteiger partial charge >= 0.3 is 0 Å². The maximum Gasteiger partial charge on any atom is 0.253 e. The van der Waals surface area contributed by atoms with E-state index in [4.69, 9.17) is 0 Å². The van der Waals surface area contributed by atoms with Gasteiger partial charge in [0.25, 0.3) is 5.91 Å². The molecule has 0 spiro atoms. The summed E-state index contributed by atoms with van der Waals surface area (Å²) in [5.74, 6) is 0.466. The average molecular weight is 264 g/mol. The van der Waals surface area contributed by atoms with Crippen molar-refractivity contribution in [2.45, 2.75) is 38.6 Å². The van der Waals surface area contributed by atoms with Gasteiger partial charge in [0.2, 0.25) is 5.91 Å². The highest BCUT2D eigenvalue weighted by Crippen LogP contribution is 2.25. The van der Waals surface area contributed by atoms with Crippen molar-refractivity contribution in [2.24, 2.45) is 7.05 Å². The Balaban J connectivity index is 2.39. The average Bonchev–Trinajstić information content (AvgIpc) is 2.77. The summed E-state index contributed by atoms with van der Waals surface area (Å²) in [5, 5.41) is 7.15. The molecule has 1 N–H and O–H groups in total. The van der Waals surface area contributed by atoms with Gasteiger partial charge in [-0.3, -0.25) is 19.2 Å². The number of carbonyl (C=O) groups is 2. The monoisotopic (exact) mass is 264 g/mol. The van der Waals surface area contributed by atoms with Crippen molar-refractivity contribution in [3.8, 4) is 0 Å². The molecule has 0 aromatic carbocycles. The van der Waals surface area contributed by atoms with Gasteiger partial charge in [0, 0.05) is 32.3 Å². The molecule has 6 heteroatoms. The molecule has 1 aromatic heterocycles. The van der Waals surface area contributed by atoms with Crippen molar-refractivity contribution in [3.63, 3.8) is 0 Å². The number of amides is 2. The predicted molar refractivity (Wildman–Crippen MR) is 71.6 cm³/mol. The molecule has 19 heavy (non-hydrogen) atoms. The summed E-state index contributed by atoms with van der Waals surface area (Å²) < 4.78 is 1.66. The number of anilines is 1. The summed E-state index contributed by atoms with van der Waals surface area (Å²) in [5.41, 5.74) is -0.800. The third-order valence-corrected chi connectivity index (χ3v) is 3.78. The molecular weight excluding hydrogens is 244 g/mol. The Morgan fingerprint density at radius 3 is 2.58 bits per heavy atom. The summed E-state index contributed by atoms with van der Waals surface area (Å²) in [6.07, 6.45) is 3.27. The first-order valence-corrected chi connectivity index (χ1v) is 6.65. The van der Waals surface area contributed by atoms with Crippen molar-refractivity contribution in [1.82, 2.24) is 15.1 Å². The second kappa shape index (κ2) is 5.03. The molecule has 2 amide bonds. The molecule has 0 unspecified atom stereocenters. The van der Waals surface area contributed by atoms with Crippen LogP contribution in [0, 0.1) is 0 Å². The number of aryl methyl sites for hydroxylation is 1. The van der Waals surface area contributed by atoms with Gasteiger partial charge in [0.05, 0.1) is 0 Å². The first kappa shape index (κ1) is 13.6. The molecule has 0 atom stereocenters. The number of rotatable bonds is 3. The van der Waals surface area contributed by atoms with E-state index < -0.39 is 5.54 Å². The fourth-order valence-corrected chi connectivity index (χ4v) is 2.45. The lowest BCUT2D eigenvalue weighted by atomic mass is 9.91. The number of hydrogen-bond donors (Lipinski definition) is 1. The molecule has 1 fully saturated rings. The van der Waals surface area contributed by atoms with Gasteiger partial charge in [-0.2, -0.15) is 5.10 Å². The second-order valence-corrected chi connectivity index (χ2v) is 4.89. The molecule has 2 heterocycles. The van der Waals surface area contributed by atoms with Crippen molar-refractivity contribution >= 4 is 17.6 Å². The summed E-state index contributed by atoms with van der Waals surface area (Å²) in [7, 11) is 1.81. The molecule has 1 saturated heterocycles. The molecular formula is C13H20N4O2.